The monoisotopic (exact) mass is 933 g/mol. The van der Waals surface area contributed by atoms with Crippen LogP contribution >= 0.6 is 0 Å². The molecule has 0 radical (unpaired) electrons. The van der Waals surface area contributed by atoms with Gasteiger partial charge in [-0.25, -0.2) is 9.59 Å². The summed E-state index contributed by atoms with van der Waals surface area (Å²) < 4.78 is 243. The molecular formula is C40H36F17NO5. The van der Waals surface area contributed by atoms with Crippen molar-refractivity contribution in [3.05, 3.63) is 88.0 Å². The minimum Gasteiger partial charge on any atom is -0.458 e. The van der Waals surface area contributed by atoms with Crippen LogP contribution in [0, 0.1) is 5.92 Å². The molecule has 1 heterocycles. The lowest BCUT2D eigenvalue weighted by molar-refractivity contribution is -0.461. The van der Waals surface area contributed by atoms with Crippen molar-refractivity contribution >= 4 is 23.4 Å². The number of esters is 1. The molecule has 2 aliphatic rings. The number of hydrogen-bond donors (Lipinski definition) is 0. The Labute approximate surface area is 347 Å². The minimum absolute atomic E-state index is 0.0110. The molecule has 350 valence electrons. The summed E-state index contributed by atoms with van der Waals surface area (Å²) in [6.07, 6.45) is -13.1. The Hall–Kier alpha value is -4.86. The van der Waals surface area contributed by atoms with Crippen LogP contribution in [0.2, 0.25) is 0 Å². The molecule has 2 atom stereocenters. The Bertz CT molecular complexity index is 2150. The maximum absolute atomic E-state index is 14.5. The number of hydrogen-bond acceptors (Lipinski definition) is 5. The van der Waals surface area contributed by atoms with Crippen LogP contribution in [0.5, 0.6) is 0 Å². The van der Waals surface area contributed by atoms with E-state index in [1.807, 2.05) is 0 Å². The highest BCUT2D eigenvalue weighted by atomic mass is 19.4. The van der Waals surface area contributed by atoms with E-state index >= 15 is 0 Å². The number of allylic oxidation sites excluding steroid dienone is 2. The number of fused-ring (bicyclic) bond motifs is 1. The fraction of sp³-hybridized carbons (Fsp3) is 0.525. The number of likely N-dealkylation sites (tertiary alicyclic amines) is 1. The number of halogens is 17. The SMILES string of the molecule is CC(C)=C1C(=O)C(c2ccccc2)=C2CN(C(=O)OCc3ccc(CCC(F)(F)C(F)(F)C(F)(F)C(F)(F)C(F)(F)C(F)(F)C(F)(F)C(F)(F)F)cc3)C(C)(C(=O)OC(C)(C)C)C21. The van der Waals surface area contributed by atoms with Gasteiger partial charge in [-0.2, -0.15) is 74.6 Å². The van der Waals surface area contributed by atoms with E-state index in [1.54, 1.807) is 65.0 Å². The molecule has 0 spiro atoms. The number of benzene rings is 2. The Morgan fingerprint density at radius 1 is 0.683 bits per heavy atom. The Kier molecular flexibility index (Phi) is 12.9. The maximum atomic E-state index is 14.5. The molecule has 1 aliphatic heterocycles. The number of ketones is 1. The third kappa shape index (κ3) is 8.13. The van der Waals surface area contributed by atoms with Gasteiger partial charge in [0, 0.05) is 30.0 Å². The van der Waals surface area contributed by atoms with Crippen molar-refractivity contribution in [3.8, 4) is 0 Å². The molecule has 2 aromatic rings. The summed E-state index contributed by atoms with van der Waals surface area (Å²) in [6, 6.07) is 12.0. The Balaban J connectivity index is 1.55. The van der Waals surface area contributed by atoms with E-state index in [0.29, 0.717) is 16.7 Å². The number of alkyl halides is 17. The van der Waals surface area contributed by atoms with Gasteiger partial charge in [0.2, 0.25) is 0 Å². The number of amides is 1. The van der Waals surface area contributed by atoms with Crippen molar-refractivity contribution in [2.24, 2.45) is 5.92 Å². The van der Waals surface area contributed by atoms with E-state index in [1.165, 1.54) is 6.92 Å². The summed E-state index contributed by atoms with van der Waals surface area (Å²) in [7, 11) is 0. The van der Waals surface area contributed by atoms with Gasteiger partial charge in [-0.1, -0.05) is 60.2 Å². The third-order valence-corrected chi connectivity index (χ3v) is 10.4. The summed E-state index contributed by atoms with van der Waals surface area (Å²) in [5.41, 5.74) is -1.57. The summed E-state index contributed by atoms with van der Waals surface area (Å²) >= 11 is 0. The lowest BCUT2D eigenvalue weighted by Crippen LogP contribution is -2.74. The zero-order chi connectivity index (χ0) is 48.5. The van der Waals surface area contributed by atoms with Crippen LogP contribution in [-0.4, -0.2) is 88.1 Å². The molecule has 0 saturated carbocycles. The molecule has 6 nitrogen and oxygen atoms in total. The Morgan fingerprint density at radius 3 is 1.60 bits per heavy atom. The first kappa shape index (κ1) is 50.8. The highest BCUT2D eigenvalue weighted by Crippen LogP contribution is 2.64. The quantitative estimate of drug-likeness (QED) is 0.114. The van der Waals surface area contributed by atoms with Gasteiger partial charge < -0.3 is 9.47 Å². The first-order valence-electron chi connectivity index (χ1n) is 18.3. The molecule has 1 fully saturated rings. The molecule has 1 amide bonds. The summed E-state index contributed by atoms with van der Waals surface area (Å²) in [5, 5.41) is 0. The smallest absolute Gasteiger partial charge is 0.458 e. The average Bonchev–Trinajstić information content (AvgIpc) is 3.62. The fourth-order valence-corrected chi connectivity index (χ4v) is 6.99. The lowest BCUT2D eigenvalue weighted by Gasteiger charge is -2.42. The minimum atomic E-state index is -8.71. The average molecular weight is 934 g/mol. The first-order valence-corrected chi connectivity index (χ1v) is 18.3. The van der Waals surface area contributed by atoms with E-state index in [-0.39, 0.29) is 29.0 Å². The van der Waals surface area contributed by atoms with Crippen molar-refractivity contribution in [1.82, 2.24) is 4.90 Å². The van der Waals surface area contributed by atoms with E-state index in [4.69, 9.17) is 9.47 Å². The van der Waals surface area contributed by atoms with E-state index < -0.39 is 102 Å². The molecule has 4 rings (SSSR count). The zero-order valence-electron chi connectivity index (χ0n) is 33.5. The molecule has 23 heteroatoms. The predicted octanol–water partition coefficient (Wildman–Crippen LogP) is 11.7. The van der Waals surface area contributed by atoms with E-state index in [2.05, 4.69) is 0 Å². The number of carbonyl (C=O) groups is 3. The lowest BCUT2D eigenvalue weighted by atomic mass is 9.79. The molecule has 1 aliphatic carbocycles. The highest BCUT2D eigenvalue weighted by Gasteiger charge is 2.95. The third-order valence-electron chi connectivity index (χ3n) is 10.4. The summed E-state index contributed by atoms with van der Waals surface area (Å²) in [4.78, 5) is 42.7. The van der Waals surface area contributed by atoms with Gasteiger partial charge in [-0.3, -0.25) is 9.69 Å². The van der Waals surface area contributed by atoms with Crippen molar-refractivity contribution in [2.75, 3.05) is 6.54 Å². The van der Waals surface area contributed by atoms with Crippen LogP contribution in [0.25, 0.3) is 5.57 Å². The summed E-state index contributed by atoms with van der Waals surface area (Å²) in [6.45, 7) is 8.37. The van der Waals surface area contributed by atoms with Crippen LogP contribution in [0.15, 0.2) is 71.3 Å². The van der Waals surface area contributed by atoms with Crippen molar-refractivity contribution in [2.45, 2.75) is 120 Å². The first-order chi connectivity index (χ1) is 28.3. The van der Waals surface area contributed by atoms with Gasteiger partial charge in [0.1, 0.15) is 12.2 Å². The molecule has 63 heavy (non-hydrogen) atoms. The second kappa shape index (κ2) is 16.0. The van der Waals surface area contributed by atoms with Crippen LogP contribution < -0.4 is 0 Å². The number of aryl methyl sites for hydroxylation is 1. The largest absolute Gasteiger partial charge is 0.460 e. The van der Waals surface area contributed by atoms with E-state index in [0.717, 1.165) is 29.2 Å². The van der Waals surface area contributed by atoms with Gasteiger partial charge in [-0.05, 0) is 70.2 Å². The van der Waals surface area contributed by atoms with Crippen LogP contribution in [-0.2, 0) is 32.1 Å². The van der Waals surface area contributed by atoms with Crippen LogP contribution in [0.3, 0.4) is 0 Å². The standard InChI is InChI=1S/C40H36F17NO5/c1-20(2)25-27-24(26(28(25)59)23-10-8-7-9-11-23)18-58(32(27,6)29(60)63-31(3,4)5)30(61)62-19-22-14-12-21(13-15-22)16-17-33(41,42)34(43,44)35(45,46)36(47,48)37(49,50)38(51,52)39(53,54)40(55,56)57/h7-15,27H,16-19H2,1-6H3. The van der Waals surface area contributed by atoms with Gasteiger partial charge in [-0.15, -0.1) is 0 Å². The number of ether oxygens (including phenoxy) is 2. The second-order valence-electron chi connectivity index (χ2n) is 16.2. The van der Waals surface area contributed by atoms with Crippen molar-refractivity contribution < 1.29 is 98.5 Å². The van der Waals surface area contributed by atoms with Crippen LogP contribution in [0.4, 0.5) is 79.4 Å². The van der Waals surface area contributed by atoms with Gasteiger partial charge in [0.25, 0.3) is 0 Å². The summed E-state index contributed by atoms with van der Waals surface area (Å²) in [5.74, 6) is -59.2. The van der Waals surface area contributed by atoms with Crippen molar-refractivity contribution in [1.29, 1.82) is 0 Å². The van der Waals surface area contributed by atoms with E-state index in [9.17, 15) is 89.0 Å². The highest BCUT2D eigenvalue weighted by molar-refractivity contribution is 6.33. The normalized spacial score (nSPS) is 19.7. The molecule has 1 saturated heterocycles. The molecule has 0 aromatic heterocycles. The van der Waals surface area contributed by atoms with Gasteiger partial charge >= 0.3 is 59.7 Å². The zero-order valence-corrected chi connectivity index (χ0v) is 33.5. The molecule has 0 bridgehead atoms. The molecular weight excluding hydrogens is 897 g/mol. The van der Waals surface area contributed by atoms with Gasteiger partial charge in [0.15, 0.2) is 11.3 Å². The number of carbonyl (C=O) groups excluding carboxylic acids is 3. The Morgan fingerprint density at radius 2 is 1.14 bits per heavy atom. The number of nitrogens with zero attached hydrogens (tertiary/aromatic N) is 1. The molecule has 2 unspecified atom stereocenters. The molecule has 2 aromatic carbocycles. The predicted molar refractivity (Wildman–Crippen MR) is 187 cm³/mol. The second-order valence-corrected chi connectivity index (χ2v) is 16.2. The molecule has 0 N–H and O–H groups in total. The topological polar surface area (TPSA) is 72.9 Å². The van der Waals surface area contributed by atoms with Crippen molar-refractivity contribution in [3.63, 3.8) is 0 Å². The fourth-order valence-electron chi connectivity index (χ4n) is 6.99. The van der Waals surface area contributed by atoms with Gasteiger partial charge in [0.05, 0.1) is 0 Å². The maximum Gasteiger partial charge on any atom is 0.460 e. The number of Topliss-reactive ketones (excluding diaryl/α,β-unsaturated/α-hetero) is 1. The van der Waals surface area contributed by atoms with Crippen LogP contribution in [0.1, 0.15) is 64.7 Å². The number of rotatable bonds is 13.